The van der Waals surface area contributed by atoms with Crippen molar-refractivity contribution in [1.82, 2.24) is 14.8 Å². The Morgan fingerprint density at radius 2 is 1.91 bits per heavy atom. The molecule has 0 radical (unpaired) electrons. The number of non-ortho nitro benzene ring substituents is 1. The van der Waals surface area contributed by atoms with Crippen molar-refractivity contribution in [3.05, 3.63) is 40.7 Å². The van der Waals surface area contributed by atoms with Gasteiger partial charge in [-0.05, 0) is 25.0 Å². The number of hydrogen-bond acceptors (Lipinski definition) is 5. The van der Waals surface area contributed by atoms with Gasteiger partial charge in [-0.1, -0.05) is 19.3 Å². The lowest BCUT2D eigenvalue weighted by atomic mass is 9.85. The van der Waals surface area contributed by atoms with Crippen LogP contribution in [0.5, 0.6) is 0 Å². The van der Waals surface area contributed by atoms with Crippen LogP contribution in [0.1, 0.15) is 32.1 Å². The van der Waals surface area contributed by atoms with Crippen molar-refractivity contribution in [2.75, 3.05) is 0 Å². The van der Waals surface area contributed by atoms with Gasteiger partial charge in [-0.3, -0.25) is 10.1 Å². The molecule has 7 nitrogen and oxygen atoms in total. The average Bonchev–Trinajstić information content (AvgIpc) is 2.96. The molecule has 1 fully saturated rings. The molecule has 0 bridgehead atoms. The van der Waals surface area contributed by atoms with Crippen LogP contribution in [0.15, 0.2) is 30.6 Å². The molecular weight excluding hydrogens is 284 g/mol. The molecule has 0 saturated heterocycles. The number of nitro groups is 1. The number of aliphatic hydroxyl groups is 1. The van der Waals surface area contributed by atoms with Crippen LogP contribution in [0.4, 0.5) is 5.69 Å². The standard InChI is InChI=1S/C15H18N4O3/c20-15(8-2-1-3-9-15)10-18-11-16-14(17-18)12-4-6-13(7-5-12)19(21)22/h4-7,11,20H,1-3,8-10H2. The van der Waals surface area contributed by atoms with Crippen molar-refractivity contribution >= 4 is 5.69 Å². The fourth-order valence-electron chi connectivity index (χ4n) is 2.90. The third-order valence-electron chi connectivity index (χ3n) is 4.11. The van der Waals surface area contributed by atoms with E-state index in [2.05, 4.69) is 10.1 Å². The van der Waals surface area contributed by atoms with Gasteiger partial charge in [-0.2, -0.15) is 5.10 Å². The lowest BCUT2D eigenvalue weighted by Gasteiger charge is -2.31. The monoisotopic (exact) mass is 302 g/mol. The summed E-state index contributed by atoms with van der Waals surface area (Å²) in [6.07, 6.45) is 6.44. The van der Waals surface area contributed by atoms with Crippen LogP contribution in [-0.4, -0.2) is 30.4 Å². The van der Waals surface area contributed by atoms with Crippen molar-refractivity contribution < 1.29 is 10.0 Å². The summed E-state index contributed by atoms with van der Waals surface area (Å²) in [7, 11) is 0. The molecule has 0 aliphatic heterocycles. The molecule has 3 rings (SSSR count). The number of hydrogen-bond donors (Lipinski definition) is 1. The average molecular weight is 302 g/mol. The predicted molar refractivity (Wildman–Crippen MR) is 80.1 cm³/mol. The second-order valence-electron chi connectivity index (χ2n) is 5.85. The van der Waals surface area contributed by atoms with Crippen molar-refractivity contribution in [2.45, 2.75) is 44.2 Å². The van der Waals surface area contributed by atoms with Crippen molar-refractivity contribution in [3.63, 3.8) is 0 Å². The highest BCUT2D eigenvalue weighted by atomic mass is 16.6. The van der Waals surface area contributed by atoms with Crippen LogP contribution in [0.25, 0.3) is 11.4 Å². The fraction of sp³-hybridized carbons (Fsp3) is 0.467. The summed E-state index contributed by atoms with van der Waals surface area (Å²) in [6, 6.07) is 6.13. The lowest BCUT2D eigenvalue weighted by Crippen LogP contribution is -2.36. The van der Waals surface area contributed by atoms with E-state index in [9.17, 15) is 15.2 Å². The zero-order valence-electron chi connectivity index (χ0n) is 12.2. The van der Waals surface area contributed by atoms with Gasteiger partial charge in [0.15, 0.2) is 5.82 Å². The molecule has 1 saturated carbocycles. The van der Waals surface area contributed by atoms with E-state index in [1.165, 1.54) is 18.6 Å². The molecule has 22 heavy (non-hydrogen) atoms. The Morgan fingerprint density at radius 1 is 1.23 bits per heavy atom. The Balaban J connectivity index is 1.74. The van der Waals surface area contributed by atoms with Gasteiger partial charge in [0.1, 0.15) is 6.33 Å². The van der Waals surface area contributed by atoms with E-state index < -0.39 is 10.5 Å². The first-order valence-corrected chi connectivity index (χ1v) is 7.42. The molecular formula is C15H18N4O3. The minimum atomic E-state index is -0.696. The molecule has 0 unspecified atom stereocenters. The van der Waals surface area contributed by atoms with E-state index in [-0.39, 0.29) is 5.69 Å². The number of aromatic nitrogens is 3. The summed E-state index contributed by atoms with van der Waals surface area (Å²) >= 11 is 0. The maximum absolute atomic E-state index is 10.7. The Hall–Kier alpha value is -2.28. The number of nitro benzene ring substituents is 1. The smallest absolute Gasteiger partial charge is 0.269 e. The molecule has 1 aliphatic carbocycles. The SMILES string of the molecule is O=[N+]([O-])c1ccc(-c2ncn(CC3(O)CCCCC3)n2)cc1. The molecule has 1 heterocycles. The Morgan fingerprint density at radius 3 is 2.55 bits per heavy atom. The van der Waals surface area contributed by atoms with Gasteiger partial charge in [-0.15, -0.1) is 0 Å². The second kappa shape index (κ2) is 5.84. The summed E-state index contributed by atoms with van der Waals surface area (Å²) in [5.74, 6) is 0.509. The first kappa shape index (κ1) is 14.6. The Labute approximate surface area is 127 Å². The number of nitrogens with zero attached hydrogens (tertiary/aromatic N) is 4. The van der Waals surface area contributed by atoms with Crippen LogP contribution in [0.3, 0.4) is 0 Å². The van der Waals surface area contributed by atoms with E-state index in [1.54, 1.807) is 23.1 Å². The van der Waals surface area contributed by atoms with E-state index in [1.807, 2.05) is 0 Å². The maximum atomic E-state index is 10.7. The van der Waals surface area contributed by atoms with Gasteiger partial charge >= 0.3 is 0 Å². The van der Waals surface area contributed by atoms with Crippen LogP contribution in [0.2, 0.25) is 0 Å². The summed E-state index contributed by atoms with van der Waals surface area (Å²) in [4.78, 5) is 14.4. The van der Waals surface area contributed by atoms with Crippen molar-refractivity contribution in [3.8, 4) is 11.4 Å². The predicted octanol–water partition coefficient (Wildman–Crippen LogP) is 2.55. The van der Waals surface area contributed by atoms with Gasteiger partial charge in [0, 0.05) is 17.7 Å². The third-order valence-corrected chi connectivity index (χ3v) is 4.11. The quantitative estimate of drug-likeness (QED) is 0.692. The van der Waals surface area contributed by atoms with E-state index in [0.717, 1.165) is 31.2 Å². The van der Waals surface area contributed by atoms with E-state index in [4.69, 9.17) is 0 Å². The molecule has 116 valence electrons. The summed E-state index contributed by atoms with van der Waals surface area (Å²) in [5.41, 5.74) is 0.0679. The minimum absolute atomic E-state index is 0.0414. The normalized spacial score (nSPS) is 17.3. The molecule has 0 spiro atoms. The first-order valence-electron chi connectivity index (χ1n) is 7.42. The molecule has 1 aromatic carbocycles. The highest BCUT2D eigenvalue weighted by Gasteiger charge is 2.30. The summed E-state index contributed by atoms with van der Waals surface area (Å²) in [6.45, 7) is 0.437. The zero-order chi connectivity index (χ0) is 15.6. The highest BCUT2D eigenvalue weighted by Crippen LogP contribution is 2.29. The van der Waals surface area contributed by atoms with Crippen molar-refractivity contribution in [1.29, 1.82) is 0 Å². The van der Waals surface area contributed by atoms with E-state index in [0.29, 0.717) is 12.4 Å². The zero-order valence-corrected chi connectivity index (χ0v) is 12.2. The van der Waals surface area contributed by atoms with Gasteiger partial charge in [-0.25, -0.2) is 9.67 Å². The molecule has 0 atom stereocenters. The van der Waals surface area contributed by atoms with Crippen molar-refractivity contribution in [2.24, 2.45) is 0 Å². The van der Waals surface area contributed by atoms with E-state index >= 15 is 0 Å². The molecule has 1 N–H and O–H groups in total. The Kier molecular flexibility index (Phi) is 3.89. The van der Waals surface area contributed by atoms with Crippen LogP contribution < -0.4 is 0 Å². The topological polar surface area (TPSA) is 94.1 Å². The van der Waals surface area contributed by atoms with Gasteiger partial charge in [0.25, 0.3) is 5.69 Å². The molecule has 1 aliphatic rings. The maximum Gasteiger partial charge on any atom is 0.269 e. The first-order chi connectivity index (χ1) is 10.6. The van der Waals surface area contributed by atoms with Crippen LogP contribution in [-0.2, 0) is 6.54 Å². The third kappa shape index (κ3) is 3.14. The molecule has 0 amide bonds. The van der Waals surface area contributed by atoms with Gasteiger partial charge < -0.3 is 5.11 Å². The largest absolute Gasteiger partial charge is 0.388 e. The molecule has 1 aromatic heterocycles. The van der Waals surface area contributed by atoms with Crippen LogP contribution in [0, 0.1) is 10.1 Å². The highest BCUT2D eigenvalue weighted by molar-refractivity contribution is 5.56. The summed E-state index contributed by atoms with van der Waals surface area (Å²) < 4.78 is 1.65. The molecule has 7 heteroatoms. The van der Waals surface area contributed by atoms with Gasteiger partial charge in [0.2, 0.25) is 0 Å². The minimum Gasteiger partial charge on any atom is -0.388 e. The summed E-state index contributed by atoms with van der Waals surface area (Å²) in [5, 5.41) is 25.6. The Bertz CT molecular complexity index is 660. The molecule has 2 aromatic rings. The lowest BCUT2D eigenvalue weighted by molar-refractivity contribution is -0.384. The second-order valence-corrected chi connectivity index (χ2v) is 5.85. The van der Waals surface area contributed by atoms with Crippen LogP contribution >= 0.6 is 0 Å². The van der Waals surface area contributed by atoms with Gasteiger partial charge in [0.05, 0.1) is 17.1 Å². The fourth-order valence-corrected chi connectivity index (χ4v) is 2.90. The number of rotatable bonds is 4. The number of benzene rings is 1.